The summed E-state index contributed by atoms with van der Waals surface area (Å²) in [6, 6.07) is 20.9. The smallest absolute Gasteiger partial charge is 0.251 e. The fourth-order valence-corrected chi connectivity index (χ4v) is 3.07. The van der Waals surface area contributed by atoms with Gasteiger partial charge < -0.3 is 15.4 Å². The summed E-state index contributed by atoms with van der Waals surface area (Å²) in [5.74, 6) is 0.173. The molecule has 5 heteroatoms. The lowest BCUT2D eigenvalue weighted by Crippen LogP contribution is -2.38. The Morgan fingerprint density at radius 3 is 2.28 bits per heavy atom. The fraction of sp³-hybridized carbons (Fsp3) is 0.250. The van der Waals surface area contributed by atoms with Gasteiger partial charge in [0.25, 0.3) is 5.91 Å². The van der Waals surface area contributed by atoms with Crippen molar-refractivity contribution < 1.29 is 14.3 Å². The monoisotopic (exact) mass is 390 g/mol. The van der Waals surface area contributed by atoms with E-state index in [1.54, 1.807) is 24.3 Å². The van der Waals surface area contributed by atoms with Crippen molar-refractivity contribution in [3.05, 3.63) is 77.9 Å². The molecule has 0 heterocycles. The van der Waals surface area contributed by atoms with Crippen LogP contribution in [-0.4, -0.2) is 24.5 Å². The zero-order chi connectivity index (χ0) is 20.8. The van der Waals surface area contributed by atoms with E-state index in [0.29, 0.717) is 11.3 Å². The third-order valence-corrected chi connectivity index (χ3v) is 4.55. The molecule has 0 spiro atoms. The molecule has 2 amide bonds. The number of carbonyl (C=O) groups excluding carboxylic acids is 2. The average molecular weight is 390 g/mol. The van der Waals surface area contributed by atoms with E-state index in [1.165, 1.54) is 0 Å². The lowest BCUT2D eigenvalue weighted by Gasteiger charge is -2.15. The van der Waals surface area contributed by atoms with Gasteiger partial charge in [-0.1, -0.05) is 36.4 Å². The number of hydrogen-bond acceptors (Lipinski definition) is 3. The number of ether oxygens (including phenoxy) is 1. The molecule has 0 saturated carbocycles. The summed E-state index contributed by atoms with van der Waals surface area (Å²) in [5, 5.41) is 7.87. The first-order valence-corrected chi connectivity index (χ1v) is 9.75. The van der Waals surface area contributed by atoms with Crippen molar-refractivity contribution in [2.45, 2.75) is 32.9 Å². The molecule has 0 aromatic heterocycles. The highest BCUT2D eigenvalue weighted by molar-refractivity contribution is 5.96. The molecule has 0 aliphatic rings. The molecule has 0 saturated heterocycles. The summed E-state index contributed by atoms with van der Waals surface area (Å²) in [6.45, 7) is 5.73. The van der Waals surface area contributed by atoms with E-state index in [0.717, 1.165) is 16.3 Å². The van der Waals surface area contributed by atoms with Gasteiger partial charge in [-0.2, -0.15) is 0 Å². The van der Waals surface area contributed by atoms with Crippen LogP contribution < -0.4 is 15.4 Å². The summed E-state index contributed by atoms with van der Waals surface area (Å²) in [6.07, 6.45) is 0.0722. The molecule has 150 valence electrons. The largest absolute Gasteiger partial charge is 0.491 e. The van der Waals surface area contributed by atoms with Crippen LogP contribution in [0, 0.1) is 0 Å². The van der Waals surface area contributed by atoms with Crippen molar-refractivity contribution in [2.24, 2.45) is 0 Å². The van der Waals surface area contributed by atoms with E-state index >= 15 is 0 Å². The van der Waals surface area contributed by atoms with Gasteiger partial charge in [-0.3, -0.25) is 9.59 Å². The van der Waals surface area contributed by atoms with Gasteiger partial charge in [0.05, 0.1) is 18.7 Å². The van der Waals surface area contributed by atoms with Gasteiger partial charge in [0.1, 0.15) is 5.75 Å². The van der Waals surface area contributed by atoms with E-state index in [2.05, 4.69) is 22.8 Å². The average Bonchev–Trinajstić information content (AvgIpc) is 2.71. The SMILES string of the molecule is CC(C)Oc1ccc(C(=O)NCC(=O)N[C@@H](C)c2ccc3ccccc3c2)cc1. The Bertz CT molecular complexity index is 996. The van der Waals surface area contributed by atoms with E-state index in [-0.39, 0.29) is 30.5 Å². The van der Waals surface area contributed by atoms with Gasteiger partial charge in [-0.25, -0.2) is 0 Å². The van der Waals surface area contributed by atoms with Crippen molar-refractivity contribution in [2.75, 3.05) is 6.54 Å². The van der Waals surface area contributed by atoms with Crippen LogP contribution in [0.4, 0.5) is 0 Å². The van der Waals surface area contributed by atoms with Crippen LogP contribution in [0.5, 0.6) is 5.75 Å². The van der Waals surface area contributed by atoms with Gasteiger partial charge in [0.2, 0.25) is 5.91 Å². The van der Waals surface area contributed by atoms with Crippen LogP contribution in [0.1, 0.15) is 42.7 Å². The molecule has 3 aromatic carbocycles. The highest BCUT2D eigenvalue weighted by Crippen LogP contribution is 2.20. The van der Waals surface area contributed by atoms with Crippen molar-refractivity contribution >= 4 is 22.6 Å². The minimum absolute atomic E-state index is 0.0722. The van der Waals surface area contributed by atoms with E-state index in [1.807, 2.05) is 51.1 Å². The number of fused-ring (bicyclic) bond motifs is 1. The van der Waals surface area contributed by atoms with E-state index in [4.69, 9.17) is 4.74 Å². The number of benzene rings is 3. The van der Waals surface area contributed by atoms with Crippen LogP contribution in [0.15, 0.2) is 66.7 Å². The maximum absolute atomic E-state index is 12.3. The van der Waals surface area contributed by atoms with Gasteiger partial charge in [-0.05, 0) is 67.4 Å². The molecule has 0 aliphatic heterocycles. The topological polar surface area (TPSA) is 67.4 Å². The Balaban J connectivity index is 1.52. The number of hydrogen-bond donors (Lipinski definition) is 2. The number of nitrogens with one attached hydrogen (secondary N) is 2. The first-order chi connectivity index (χ1) is 13.9. The quantitative estimate of drug-likeness (QED) is 0.634. The van der Waals surface area contributed by atoms with Crippen LogP contribution in [0.3, 0.4) is 0 Å². The highest BCUT2D eigenvalue weighted by Gasteiger charge is 2.12. The molecular weight excluding hydrogens is 364 g/mol. The normalized spacial score (nSPS) is 11.9. The fourth-order valence-electron chi connectivity index (χ4n) is 3.07. The number of rotatable bonds is 7. The first kappa shape index (κ1) is 20.4. The zero-order valence-electron chi connectivity index (χ0n) is 16.9. The maximum atomic E-state index is 12.3. The van der Waals surface area contributed by atoms with E-state index in [9.17, 15) is 9.59 Å². The standard InChI is InChI=1S/C24H26N2O3/c1-16(2)29-22-12-10-19(11-13-22)24(28)25-15-23(27)26-17(3)20-9-8-18-6-4-5-7-21(18)14-20/h4-14,16-17H,15H2,1-3H3,(H,25,28)(H,26,27)/t17-/m0/s1. The summed E-state index contributed by atoms with van der Waals surface area (Å²) in [7, 11) is 0. The van der Waals surface area contributed by atoms with E-state index < -0.39 is 0 Å². The summed E-state index contributed by atoms with van der Waals surface area (Å²) < 4.78 is 5.56. The first-order valence-electron chi connectivity index (χ1n) is 9.75. The molecule has 0 unspecified atom stereocenters. The number of carbonyl (C=O) groups is 2. The van der Waals surface area contributed by atoms with Crippen LogP contribution in [0.25, 0.3) is 10.8 Å². The Hall–Kier alpha value is -3.34. The molecule has 29 heavy (non-hydrogen) atoms. The highest BCUT2D eigenvalue weighted by atomic mass is 16.5. The second-order valence-electron chi connectivity index (χ2n) is 7.27. The minimum Gasteiger partial charge on any atom is -0.491 e. The summed E-state index contributed by atoms with van der Waals surface area (Å²) in [5.41, 5.74) is 1.50. The molecule has 5 nitrogen and oxygen atoms in total. The predicted octanol–water partition coefficient (Wildman–Crippen LogP) is 4.23. The number of amides is 2. The molecule has 0 aliphatic carbocycles. The van der Waals surface area contributed by atoms with Crippen molar-refractivity contribution in [3.63, 3.8) is 0 Å². The van der Waals surface area contributed by atoms with Gasteiger partial charge >= 0.3 is 0 Å². The molecule has 0 fully saturated rings. The van der Waals surface area contributed by atoms with Gasteiger partial charge in [-0.15, -0.1) is 0 Å². The Morgan fingerprint density at radius 2 is 1.59 bits per heavy atom. The molecular formula is C24H26N2O3. The van der Waals surface area contributed by atoms with Crippen LogP contribution in [0.2, 0.25) is 0 Å². The van der Waals surface area contributed by atoms with Gasteiger partial charge in [0, 0.05) is 5.56 Å². The zero-order valence-corrected chi connectivity index (χ0v) is 16.9. The van der Waals surface area contributed by atoms with Crippen molar-refractivity contribution in [1.82, 2.24) is 10.6 Å². The van der Waals surface area contributed by atoms with Crippen LogP contribution in [-0.2, 0) is 4.79 Å². The summed E-state index contributed by atoms with van der Waals surface area (Å²) in [4.78, 5) is 24.5. The van der Waals surface area contributed by atoms with Crippen molar-refractivity contribution in [1.29, 1.82) is 0 Å². The molecule has 2 N–H and O–H groups in total. The summed E-state index contributed by atoms with van der Waals surface area (Å²) >= 11 is 0. The Labute approximate surface area is 171 Å². The third kappa shape index (κ3) is 5.57. The molecule has 0 bridgehead atoms. The lowest BCUT2D eigenvalue weighted by atomic mass is 10.0. The second-order valence-corrected chi connectivity index (χ2v) is 7.27. The minimum atomic E-state index is -0.297. The second kappa shape index (κ2) is 9.24. The Kier molecular flexibility index (Phi) is 6.50. The van der Waals surface area contributed by atoms with Crippen LogP contribution >= 0.6 is 0 Å². The third-order valence-electron chi connectivity index (χ3n) is 4.55. The lowest BCUT2D eigenvalue weighted by molar-refractivity contribution is -0.120. The predicted molar refractivity (Wildman–Crippen MR) is 115 cm³/mol. The molecule has 0 radical (unpaired) electrons. The molecule has 1 atom stereocenters. The molecule has 3 aromatic rings. The maximum Gasteiger partial charge on any atom is 0.251 e. The molecule has 3 rings (SSSR count). The van der Waals surface area contributed by atoms with Gasteiger partial charge in [0.15, 0.2) is 0 Å². The van der Waals surface area contributed by atoms with Crippen molar-refractivity contribution in [3.8, 4) is 5.75 Å². The Morgan fingerprint density at radius 1 is 0.897 bits per heavy atom.